The number of hydrogen-bond acceptors (Lipinski definition) is 1. The smallest absolute Gasteiger partial charge is 0.0376 e. The average molecular weight is 162 g/mol. The Bertz CT molecular complexity index is 89.3. The molecule has 1 aliphatic rings. The van der Waals surface area contributed by atoms with E-state index in [2.05, 4.69) is 11.8 Å². The molecule has 0 aromatic rings. The molecule has 1 heterocycles. The van der Waals surface area contributed by atoms with Crippen LogP contribution in [0.25, 0.3) is 0 Å². The molecule has 0 N–H and O–H groups in total. The quantitative estimate of drug-likeness (QED) is 0.561. The third-order valence-electron chi connectivity index (χ3n) is 2.24. The summed E-state index contributed by atoms with van der Waals surface area (Å²) in [6.07, 6.45) is 4.13. The van der Waals surface area contributed by atoms with E-state index in [0.717, 1.165) is 5.88 Å². The van der Waals surface area contributed by atoms with Crippen LogP contribution in [0.1, 0.15) is 26.2 Å². The van der Waals surface area contributed by atoms with Crippen LogP contribution in [0.2, 0.25) is 0 Å². The number of alkyl halides is 1. The fourth-order valence-corrected chi connectivity index (χ4v) is 1.65. The first-order chi connectivity index (χ1) is 4.84. The molecule has 0 spiro atoms. The highest BCUT2D eigenvalue weighted by Crippen LogP contribution is 2.12. The van der Waals surface area contributed by atoms with Gasteiger partial charge in [-0.1, -0.05) is 6.42 Å². The van der Waals surface area contributed by atoms with Crippen molar-refractivity contribution in [2.75, 3.05) is 19.0 Å². The minimum atomic E-state index is 0.585. The van der Waals surface area contributed by atoms with Crippen LogP contribution in [0.5, 0.6) is 0 Å². The Morgan fingerprint density at radius 3 is 2.40 bits per heavy atom. The molecule has 1 unspecified atom stereocenters. The van der Waals surface area contributed by atoms with Gasteiger partial charge in [0.15, 0.2) is 0 Å². The maximum Gasteiger partial charge on any atom is 0.0376 e. The first-order valence-corrected chi connectivity index (χ1v) is 4.68. The van der Waals surface area contributed by atoms with Gasteiger partial charge in [-0.25, -0.2) is 0 Å². The second-order valence-electron chi connectivity index (χ2n) is 3.10. The van der Waals surface area contributed by atoms with Crippen molar-refractivity contribution in [1.82, 2.24) is 4.90 Å². The van der Waals surface area contributed by atoms with Crippen LogP contribution >= 0.6 is 11.6 Å². The lowest BCUT2D eigenvalue weighted by Gasteiger charge is -2.30. The highest BCUT2D eigenvalue weighted by molar-refractivity contribution is 6.18. The summed E-state index contributed by atoms with van der Waals surface area (Å²) in [5.41, 5.74) is 0. The second kappa shape index (κ2) is 4.20. The van der Waals surface area contributed by atoms with Crippen molar-refractivity contribution in [3.8, 4) is 0 Å². The van der Waals surface area contributed by atoms with Crippen molar-refractivity contribution in [1.29, 1.82) is 0 Å². The second-order valence-corrected chi connectivity index (χ2v) is 3.41. The van der Waals surface area contributed by atoms with Crippen LogP contribution in [-0.2, 0) is 0 Å². The molecule has 0 aliphatic carbocycles. The normalized spacial score (nSPS) is 24.6. The van der Waals surface area contributed by atoms with E-state index in [4.69, 9.17) is 11.6 Å². The van der Waals surface area contributed by atoms with Gasteiger partial charge in [-0.2, -0.15) is 0 Å². The fraction of sp³-hybridized carbons (Fsp3) is 1.00. The van der Waals surface area contributed by atoms with Gasteiger partial charge in [0.2, 0.25) is 0 Å². The summed E-state index contributed by atoms with van der Waals surface area (Å²) in [6.45, 7) is 4.72. The standard InChI is InChI=1S/C8H16ClN/c1-8(7-9)10-5-3-2-4-6-10/h8H,2-7H2,1H3. The van der Waals surface area contributed by atoms with Crippen LogP contribution in [0.15, 0.2) is 0 Å². The van der Waals surface area contributed by atoms with Crippen LogP contribution in [0.3, 0.4) is 0 Å². The predicted octanol–water partition coefficient (Wildman–Crippen LogP) is 2.10. The largest absolute Gasteiger partial charge is 0.299 e. The van der Waals surface area contributed by atoms with Crippen molar-refractivity contribution in [2.45, 2.75) is 32.2 Å². The lowest BCUT2D eigenvalue weighted by Crippen LogP contribution is -2.38. The van der Waals surface area contributed by atoms with Gasteiger partial charge in [-0.3, -0.25) is 4.90 Å². The van der Waals surface area contributed by atoms with E-state index < -0.39 is 0 Å². The summed E-state index contributed by atoms with van der Waals surface area (Å²) >= 11 is 5.74. The molecule has 1 fully saturated rings. The Kier molecular flexibility index (Phi) is 3.50. The number of likely N-dealkylation sites (tertiary alicyclic amines) is 1. The maximum absolute atomic E-state index is 5.74. The Morgan fingerprint density at radius 2 is 1.90 bits per heavy atom. The molecule has 0 aromatic heterocycles. The fourth-order valence-electron chi connectivity index (χ4n) is 1.46. The van der Waals surface area contributed by atoms with E-state index in [1.54, 1.807) is 0 Å². The molecule has 2 heteroatoms. The topological polar surface area (TPSA) is 3.24 Å². The molecule has 60 valence electrons. The minimum absolute atomic E-state index is 0.585. The predicted molar refractivity (Wildman–Crippen MR) is 45.6 cm³/mol. The molecule has 10 heavy (non-hydrogen) atoms. The van der Waals surface area contributed by atoms with Crippen molar-refractivity contribution in [3.05, 3.63) is 0 Å². The average Bonchev–Trinajstić information content (AvgIpc) is 2.05. The summed E-state index contributed by atoms with van der Waals surface area (Å²) in [6, 6.07) is 0.585. The van der Waals surface area contributed by atoms with Crippen molar-refractivity contribution >= 4 is 11.6 Å². The highest BCUT2D eigenvalue weighted by Gasteiger charge is 2.14. The van der Waals surface area contributed by atoms with Crippen molar-refractivity contribution in [3.63, 3.8) is 0 Å². The molecular formula is C8H16ClN. The Morgan fingerprint density at radius 1 is 1.30 bits per heavy atom. The Labute approximate surface area is 68.4 Å². The molecular weight excluding hydrogens is 146 g/mol. The first kappa shape index (κ1) is 8.35. The van der Waals surface area contributed by atoms with Gasteiger partial charge in [0, 0.05) is 11.9 Å². The van der Waals surface area contributed by atoms with E-state index in [1.807, 2.05) is 0 Å². The lowest BCUT2D eigenvalue weighted by molar-refractivity contribution is 0.187. The summed E-state index contributed by atoms with van der Waals surface area (Å²) < 4.78 is 0. The zero-order valence-electron chi connectivity index (χ0n) is 6.65. The number of hydrogen-bond donors (Lipinski definition) is 0. The van der Waals surface area contributed by atoms with Gasteiger partial charge in [-0.05, 0) is 32.9 Å². The minimum Gasteiger partial charge on any atom is -0.299 e. The zero-order chi connectivity index (χ0) is 7.40. The van der Waals surface area contributed by atoms with Crippen LogP contribution in [-0.4, -0.2) is 29.9 Å². The van der Waals surface area contributed by atoms with E-state index in [-0.39, 0.29) is 0 Å². The van der Waals surface area contributed by atoms with E-state index in [1.165, 1.54) is 32.4 Å². The summed E-state index contributed by atoms with van der Waals surface area (Å²) in [4.78, 5) is 2.48. The lowest BCUT2D eigenvalue weighted by atomic mass is 10.1. The molecule has 1 atom stereocenters. The number of nitrogens with zero attached hydrogens (tertiary/aromatic N) is 1. The maximum atomic E-state index is 5.74. The summed E-state index contributed by atoms with van der Waals surface area (Å²) in [7, 11) is 0. The monoisotopic (exact) mass is 161 g/mol. The van der Waals surface area contributed by atoms with E-state index in [0.29, 0.717) is 6.04 Å². The molecule has 0 bridgehead atoms. The van der Waals surface area contributed by atoms with E-state index >= 15 is 0 Å². The van der Waals surface area contributed by atoms with Gasteiger partial charge >= 0.3 is 0 Å². The number of piperidine rings is 1. The number of rotatable bonds is 2. The van der Waals surface area contributed by atoms with Crippen molar-refractivity contribution < 1.29 is 0 Å². The van der Waals surface area contributed by atoms with E-state index in [9.17, 15) is 0 Å². The number of halogens is 1. The molecule has 1 saturated heterocycles. The van der Waals surface area contributed by atoms with Crippen LogP contribution < -0.4 is 0 Å². The Balaban J connectivity index is 2.24. The highest BCUT2D eigenvalue weighted by atomic mass is 35.5. The van der Waals surface area contributed by atoms with Gasteiger partial charge in [-0.15, -0.1) is 11.6 Å². The third-order valence-corrected chi connectivity index (χ3v) is 2.68. The molecule has 1 nitrogen and oxygen atoms in total. The summed E-state index contributed by atoms with van der Waals surface area (Å²) in [5.74, 6) is 0.778. The van der Waals surface area contributed by atoms with Gasteiger partial charge < -0.3 is 0 Å². The Hall–Kier alpha value is 0.250. The van der Waals surface area contributed by atoms with Gasteiger partial charge in [0.25, 0.3) is 0 Å². The first-order valence-electron chi connectivity index (χ1n) is 4.14. The van der Waals surface area contributed by atoms with Crippen LogP contribution in [0, 0.1) is 0 Å². The van der Waals surface area contributed by atoms with Crippen molar-refractivity contribution in [2.24, 2.45) is 0 Å². The summed E-state index contributed by atoms with van der Waals surface area (Å²) in [5, 5.41) is 0. The molecule has 0 saturated carbocycles. The SMILES string of the molecule is CC(CCl)N1CCCCC1. The molecule has 1 aliphatic heterocycles. The molecule has 1 rings (SSSR count). The third kappa shape index (κ3) is 2.14. The zero-order valence-corrected chi connectivity index (χ0v) is 7.40. The molecule has 0 aromatic carbocycles. The van der Waals surface area contributed by atoms with Gasteiger partial charge in [0.1, 0.15) is 0 Å². The molecule has 0 amide bonds. The van der Waals surface area contributed by atoms with Crippen LogP contribution in [0.4, 0.5) is 0 Å². The molecule has 0 radical (unpaired) electrons. The van der Waals surface area contributed by atoms with Gasteiger partial charge in [0.05, 0.1) is 0 Å².